The number of nitrogens with zero attached hydrogens (tertiary/aromatic N) is 2. The van der Waals surface area contributed by atoms with E-state index in [0.29, 0.717) is 5.69 Å². The van der Waals surface area contributed by atoms with Crippen molar-refractivity contribution in [3.8, 4) is 0 Å². The van der Waals surface area contributed by atoms with Crippen molar-refractivity contribution in [1.29, 1.82) is 0 Å². The molecule has 0 saturated carbocycles. The molecule has 6 heteroatoms. The van der Waals surface area contributed by atoms with Crippen LogP contribution >= 0.6 is 0 Å². The number of aromatic nitrogens is 1. The summed E-state index contributed by atoms with van der Waals surface area (Å²) in [5.74, 6) is -0.530. The minimum Gasteiger partial charge on any atom is -0.340 e. The number of pyridine rings is 1. The number of carbonyl (C=O) groups excluding carboxylic acids is 1. The molecular formula is C12H15F3N2O. The molecule has 0 N–H and O–H groups in total. The summed E-state index contributed by atoms with van der Waals surface area (Å²) in [6.45, 7) is 2.07. The van der Waals surface area contributed by atoms with Gasteiger partial charge < -0.3 is 4.90 Å². The van der Waals surface area contributed by atoms with Crippen LogP contribution in [-0.2, 0) is 11.3 Å². The molecule has 0 spiro atoms. The van der Waals surface area contributed by atoms with Crippen LogP contribution in [0.3, 0.4) is 0 Å². The van der Waals surface area contributed by atoms with E-state index in [1.165, 1.54) is 11.9 Å². The molecule has 0 saturated heterocycles. The molecule has 0 aliphatic carbocycles. The lowest BCUT2D eigenvalue weighted by Crippen LogP contribution is -2.28. The quantitative estimate of drug-likeness (QED) is 0.834. The second-order valence-corrected chi connectivity index (χ2v) is 4.13. The molecule has 1 rings (SSSR count). The van der Waals surface area contributed by atoms with Gasteiger partial charge in [0.15, 0.2) is 0 Å². The van der Waals surface area contributed by atoms with E-state index in [9.17, 15) is 18.0 Å². The Bertz CT molecular complexity index is 418. The first-order chi connectivity index (χ1) is 8.29. The fourth-order valence-electron chi connectivity index (χ4n) is 1.44. The monoisotopic (exact) mass is 260 g/mol. The Morgan fingerprint density at radius 2 is 2.11 bits per heavy atom. The number of alkyl halides is 3. The van der Waals surface area contributed by atoms with Crippen LogP contribution in [0.15, 0.2) is 18.3 Å². The normalized spacial score (nSPS) is 11.4. The molecule has 0 fully saturated rings. The maximum Gasteiger partial charge on any atom is 0.389 e. The largest absolute Gasteiger partial charge is 0.389 e. The minimum atomic E-state index is -4.29. The Morgan fingerprint density at radius 3 is 2.67 bits per heavy atom. The summed E-state index contributed by atoms with van der Waals surface area (Å²) in [4.78, 5) is 16.9. The first-order valence-corrected chi connectivity index (χ1v) is 5.51. The number of carbonyl (C=O) groups is 1. The van der Waals surface area contributed by atoms with Gasteiger partial charge >= 0.3 is 6.18 Å². The number of hydrogen-bond acceptors (Lipinski definition) is 2. The van der Waals surface area contributed by atoms with Gasteiger partial charge in [0.2, 0.25) is 5.91 Å². The van der Waals surface area contributed by atoms with E-state index in [0.717, 1.165) is 5.56 Å². The van der Waals surface area contributed by atoms with Crippen molar-refractivity contribution in [2.24, 2.45) is 0 Å². The molecule has 0 aliphatic rings. The summed E-state index contributed by atoms with van der Waals surface area (Å²) in [5.41, 5.74) is 1.60. The van der Waals surface area contributed by atoms with E-state index in [4.69, 9.17) is 0 Å². The van der Waals surface area contributed by atoms with Gasteiger partial charge in [-0.05, 0) is 18.6 Å². The molecule has 0 bridgehead atoms. The molecule has 1 aromatic heterocycles. The molecule has 3 nitrogen and oxygen atoms in total. The van der Waals surface area contributed by atoms with Crippen LogP contribution in [-0.4, -0.2) is 29.0 Å². The minimum absolute atomic E-state index is 0.226. The van der Waals surface area contributed by atoms with E-state index in [2.05, 4.69) is 4.98 Å². The lowest BCUT2D eigenvalue weighted by Gasteiger charge is -2.18. The summed E-state index contributed by atoms with van der Waals surface area (Å²) >= 11 is 0. The molecule has 1 amide bonds. The fraction of sp³-hybridized carbons (Fsp3) is 0.500. The van der Waals surface area contributed by atoms with Crippen LogP contribution in [0.4, 0.5) is 13.2 Å². The molecule has 100 valence electrons. The van der Waals surface area contributed by atoms with Crippen LogP contribution in [0.5, 0.6) is 0 Å². The van der Waals surface area contributed by atoms with Crippen LogP contribution < -0.4 is 0 Å². The van der Waals surface area contributed by atoms with Crippen molar-refractivity contribution in [3.05, 3.63) is 29.6 Å². The zero-order chi connectivity index (χ0) is 13.8. The highest BCUT2D eigenvalue weighted by Gasteiger charge is 2.28. The van der Waals surface area contributed by atoms with Crippen molar-refractivity contribution < 1.29 is 18.0 Å². The zero-order valence-corrected chi connectivity index (χ0v) is 10.3. The first-order valence-electron chi connectivity index (χ1n) is 5.51. The van der Waals surface area contributed by atoms with E-state index in [1.807, 2.05) is 13.0 Å². The number of halogens is 3. The summed E-state index contributed by atoms with van der Waals surface area (Å²) in [6, 6.07) is 3.61. The van der Waals surface area contributed by atoms with Gasteiger partial charge in [-0.15, -0.1) is 0 Å². The summed E-state index contributed by atoms with van der Waals surface area (Å²) in [6.07, 6.45) is -4.31. The Kier molecular flexibility index (Phi) is 4.69. The van der Waals surface area contributed by atoms with Gasteiger partial charge in [-0.2, -0.15) is 13.2 Å². The van der Waals surface area contributed by atoms with Gasteiger partial charge in [0, 0.05) is 19.7 Å². The molecule has 1 heterocycles. The molecule has 0 aromatic carbocycles. The van der Waals surface area contributed by atoms with Crippen LogP contribution in [0.25, 0.3) is 0 Å². The molecule has 0 atom stereocenters. The van der Waals surface area contributed by atoms with Gasteiger partial charge in [0.05, 0.1) is 18.7 Å². The van der Waals surface area contributed by atoms with E-state index < -0.39 is 24.9 Å². The number of amides is 1. The highest BCUT2D eigenvalue weighted by atomic mass is 19.4. The highest BCUT2D eigenvalue weighted by Crippen LogP contribution is 2.21. The summed E-state index contributed by atoms with van der Waals surface area (Å²) < 4.78 is 36.0. The third-order valence-corrected chi connectivity index (χ3v) is 2.55. The Labute approximate surface area is 104 Å². The topological polar surface area (TPSA) is 33.2 Å². The molecule has 0 radical (unpaired) electrons. The fourth-order valence-corrected chi connectivity index (χ4v) is 1.44. The average Bonchev–Trinajstić information content (AvgIpc) is 2.28. The standard InChI is InChI=1S/C12H15F3N2O/c1-9-4-3-7-16-10(9)8-17(2)11(18)5-6-12(13,14)15/h3-4,7H,5-6,8H2,1-2H3. The summed E-state index contributed by atoms with van der Waals surface area (Å²) in [7, 11) is 1.48. The van der Waals surface area contributed by atoms with Crippen LogP contribution in [0.1, 0.15) is 24.1 Å². The van der Waals surface area contributed by atoms with Gasteiger partial charge in [0.1, 0.15) is 0 Å². The SMILES string of the molecule is Cc1cccnc1CN(C)C(=O)CCC(F)(F)F. The van der Waals surface area contributed by atoms with E-state index in [1.54, 1.807) is 12.3 Å². The van der Waals surface area contributed by atoms with Crippen molar-refractivity contribution in [1.82, 2.24) is 9.88 Å². The van der Waals surface area contributed by atoms with Gasteiger partial charge in [-0.3, -0.25) is 9.78 Å². The van der Waals surface area contributed by atoms with Crippen molar-refractivity contribution in [2.75, 3.05) is 7.05 Å². The molecule has 18 heavy (non-hydrogen) atoms. The van der Waals surface area contributed by atoms with Crippen molar-refractivity contribution >= 4 is 5.91 Å². The maximum absolute atomic E-state index is 12.0. The number of aryl methyl sites for hydroxylation is 1. The Balaban J connectivity index is 2.53. The van der Waals surface area contributed by atoms with Crippen molar-refractivity contribution in [2.45, 2.75) is 32.5 Å². The smallest absolute Gasteiger partial charge is 0.340 e. The second-order valence-electron chi connectivity index (χ2n) is 4.13. The van der Waals surface area contributed by atoms with Crippen LogP contribution in [0.2, 0.25) is 0 Å². The Hall–Kier alpha value is -1.59. The molecule has 0 unspecified atom stereocenters. The van der Waals surface area contributed by atoms with Crippen molar-refractivity contribution in [3.63, 3.8) is 0 Å². The predicted octanol–water partition coefficient (Wildman–Crippen LogP) is 2.69. The van der Waals surface area contributed by atoms with Gasteiger partial charge in [-0.1, -0.05) is 6.07 Å². The molecule has 0 aliphatic heterocycles. The Morgan fingerprint density at radius 1 is 1.44 bits per heavy atom. The maximum atomic E-state index is 12.0. The van der Waals surface area contributed by atoms with Gasteiger partial charge in [-0.25, -0.2) is 0 Å². The highest BCUT2D eigenvalue weighted by molar-refractivity contribution is 5.75. The number of hydrogen-bond donors (Lipinski definition) is 0. The third-order valence-electron chi connectivity index (χ3n) is 2.55. The third kappa shape index (κ3) is 4.73. The predicted molar refractivity (Wildman–Crippen MR) is 60.7 cm³/mol. The van der Waals surface area contributed by atoms with Crippen LogP contribution in [0, 0.1) is 6.92 Å². The molecule has 1 aromatic rings. The van der Waals surface area contributed by atoms with E-state index >= 15 is 0 Å². The van der Waals surface area contributed by atoms with Gasteiger partial charge in [0.25, 0.3) is 0 Å². The first kappa shape index (κ1) is 14.5. The van der Waals surface area contributed by atoms with E-state index in [-0.39, 0.29) is 6.54 Å². The lowest BCUT2D eigenvalue weighted by molar-refractivity contribution is -0.148. The average molecular weight is 260 g/mol. The number of rotatable bonds is 4. The zero-order valence-electron chi connectivity index (χ0n) is 10.3. The summed E-state index contributed by atoms with van der Waals surface area (Å²) in [5, 5.41) is 0. The molecular weight excluding hydrogens is 245 g/mol. The lowest BCUT2D eigenvalue weighted by atomic mass is 10.2. The second kappa shape index (κ2) is 5.84.